The quantitative estimate of drug-likeness (QED) is 0.733. The van der Waals surface area contributed by atoms with Gasteiger partial charge in [-0.1, -0.05) is 13.3 Å². The van der Waals surface area contributed by atoms with Crippen molar-refractivity contribution in [1.82, 2.24) is 4.90 Å². The van der Waals surface area contributed by atoms with Crippen LogP contribution in [-0.4, -0.2) is 34.6 Å². The van der Waals surface area contributed by atoms with Crippen molar-refractivity contribution in [3.8, 4) is 0 Å². The van der Waals surface area contributed by atoms with E-state index in [-0.39, 0.29) is 0 Å². The molecule has 1 heterocycles. The summed E-state index contributed by atoms with van der Waals surface area (Å²) in [6.07, 6.45) is 5.33. The van der Waals surface area contributed by atoms with E-state index in [0.717, 1.165) is 32.4 Å². The minimum absolute atomic E-state index is 0.318. The lowest BCUT2D eigenvalue weighted by Crippen LogP contribution is -2.55. The van der Waals surface area contributed by atoms with Crippen molar-refractivity contribution in [3.63, 3.8) is 0 Å². The number of aliphatic carboxylic acids is 1. The summed E-state index contributed by atoms with van der Waals surface area (Å²) in [7, 11) is 0. The molecule has 3 nitrogen and oxygen atoms in total. The number of carboxylic acid groups (broad SMARTS) is 1. The third kappa shape index (κ3) is 1.26. The van der Waals surface area contributed by atoms with Crippen LogP contribution in [0.15, 0.2) is 0 Å². The first-order chi connectivity index (χ1) is 6.68. The van der Waals surface area contributed by atoms with Crippen LogP contribution in [-0.2, 0) is 4.79 Å². The van der Waals surface area contributed by atoms with Gasteiger partial charge in [-0.3, -0.25) is 9.69 Å². The van der Waals surface area contributed by atoms with Gasteiger partial charge in [0, 0.05) is 0 Å². The number of hydrogen-bond acceptors (Lipinski definition) is 2. The van der Waals surface area contributed by atoms with Gasteiger partial charge in [0.15, 0.2) is 0 Å². The average Bonchev–Trinajstić information content (AvgIpc) is 2.72. The van der Waals surface area contributed by atoms with Crippen LogP contribution in [0.3, 0.4) is 0 Å². The highest BCUT2D eigenvalue weighted by molar-refractivity contribution is 5.79. The fraction of sp³-hybridized carbons (Fsp3) is 0.909. The maximum atomic E-state index is 11.5. The van der Waals surface area contributed by atoms with E-state index in [4.69, 9.17) is 0 Å². The number of likely N-dealkylation sites (tertiary alicyclic amines) is 1. The van der Waals surface area contributed by atoms with Crippen LogP contribution in [0.4, 0.5) is 0 Å². The molecule has 1 aliphatic heterocycles. The van der Waals surface area contributed by atoms with Crippen molar-refractivity contribution < 1.29 is 9.90 Å². The van der Waals surface area contributed by atoms with Gasteiger partial charge < -0.3 is 5.11 Å². The molecule has 2 atom stereocenters. The second kappa shape index (κ2) is 3.54. The van der Waals surface area contributed by atoms with E-state index in [2.05, 4.69) is 11.8 Å². The van der Waals surface area contributed by atoms with E-state index in [1.165, 1.54) is 12.8 Å². The average molecular weight is 197 g/mol. The van der Waals surface area contributed by atoms with E-state index < -0.39 is 11.5 Å². The Bertz CT molecular complexity index is 235. The largest absolute Gasteiger partial charge is 0.480 e. The molecule has 2 aliphatic rings. The molecule has 3 heteroatoms. The van der Waals surface area contributed by atoms with Gasteiger partial charge in [0.2, 0.25) is 0 Å². The normalized spacial score (nSPS) is 39.1. The minimum atomic E-state index is -0.593. The van der Waals surface area contributed by atoms with E-state index in [0.29, 0.717) is 5.92 Å². The summed E-state index contributed by atoms with van der Waals surface area (Å²) in [6.45, 7) is 4.06. The van der Waals surface area contributed by atoms with Crippen LogP contribution in [0.25, 0.3) is 0 Å². The lowest BCUT2D eigenvalue weighted by Gasteiger charge is -2.38. The molecule has 1 saturated carbocycles. The van der Waals surface area contributed by atoms with Gasteiger partial charge in [-0.2, -0.15) is 0 Å². The highest BCUT2D eigenvalue weighted by Gasteiger charge is 2.51. The molecule has 1 aliphatic carbocycles. The SMILES string of the molecule is CC1CCCC1(C(=O)O)N1CCCC1. The standard InChI is InChI=1S/C11H19NO2/c1-9-5-4-6-11(9,10(13)14)12-7-2-3-8-12/h9H,2-8H2,1H3,(H,13,14). The summed E-state index contributed by atoms with van der Waals surface area (Å²) >= 11 is 0. The van der Waals surface area contributed by atoms with Gasteiger partial charge in [-0.25, -0.2) is 0 Å². The number of carbonyl (C=O) groups is 1. The molecule has 0 radical (unpaired) electrons. The van der Waals surface area contributed by atoms with Gasteiger partial charge >= 0.3 is 5.97 Å². The molecule has 2 fully saturated rings. The van der Waals surface area contributed by atoms with Gasteiger partial charge in [-0.05, 0) is 44.7 Å². The van der Waals surface area contributed by atoms with E-state index in [1.54, 1.807) is 0 Å². The number of nitrogens with zero attached hydrogens (tertiary/aromatic N) is 1. The Kier molecular flexibility index (Phi) is 2.52. The maximum Gasteiger partial charge on any atom is 0.324 e. The summed E-state index contributed by atoms with van der Waals surface area (Å²) in [5, 5.41) is 9.45. The zero-order valence-electron chi connectivity index (χ0n) is 8.83. The molecule has 0 aromatic carbocycles. The monoisotopic (exact) mass is 197 g/mol. The lowest BCUT2D eigenvalue weighted by atomic mass is 9.86. The third-order valence-corrected chi connectivity index (χ3v) is 4.05. The first kappa shape index (κ1) is 9.97. The summed E-state index contributed by atoms with van der Waals surface area (Å²) < 4.78 is 0. The highest BCUT2D eigenvalue weighted by atomic mass is 16.4. The molecule has 2 rings (SSSR count). The second-order valence-electron chi connectivity index (χ2n) is 4.72. The van der Waals surface area contributed by atoms with Crippen molar-refractivity contribution in [2.24, 2.45) is 5.92 Å². The Hall–Kier alpha value is -0.570. The Morgan fingerprint density at radius 2 is 2.00 bits per heavy atom. The highest BCUT2D eigenvalue weighted by Crippen LogP contribution is 2.42. The summed E-state index contributed by atoms with van der Waals surface area (Å²) in [4.78, 5) is 13.7. The van der Waals surface area contributed by atoms with Crippen LogP contribution in [0.2, 0.25) is 0 Å². The van der Waals surface area contributed by atoms with Crippen LogP contribution >= 0.6 is 0 Å². The fourth-order valence-electron chi connectivity index (χ4n) is 3.20. The lowest BCUT2D eigenvalue weighted by molar-refractivity contribution is -0.153. The first-order valence-corrected chi connectivity index (χ1v) is 5.66. The molecule has 0 bridgehead atoms. The molecular formula is C11H19NO2. The number of hydrogen-bond donors (Lipinski definition) is 1. The Morgan fingerprint density at radius 3 is 2.43 bits per heavy atom. The zero-order chi connectivity index (χ0) is 10.2. The molecule has 1 N–H and O–H groups in total. The third-order valence-electron chi connectivity index (χ3n) is 4.05. The smallest absolute Gasteiger partial charge is 0.324 e. The van der Waals surface area contributed by atoms with Crippen molar-refractivity contribution in [2.45, 2.75) is 44.6 Å². The summed E-state index contributed by atoms with van der Waals surface area (Å²) in [5.74, 6) is -0.275. The van der Waals surface area contributed by atoms with Crippen molar-refractivity contribution in [2.75, 3.05) is 13.1 Å². The van der Waals surface area contributed by atoms with Crippen molar-refractivity contribution in [1.29, 1.82) is 0 Å². The van der Waals surface area contributed by atoms with Crippen LogP contribution < -0.4 is 0 Å². The molecular weight excluding hydrogens is 178 g/mol. The van der Waals surface area contributed by atoms with E-state index in [9.17, 15) is 9.90 Å². The molecule has 80 valence electrons. The zero-order valence-corrected chi connectivity index (χ0v) is 8.83. The van der Waals surface area contributed by atoms with E-state index in [1.807, 2.05) is 0 Å². The molecule has 2 unspecified atom stereocenters. The molecule has 0 amide bonds. The van der Waals surface area contributed by atoms with Crippen molar-refractivity contribution >= 4 is 5.97 Å². The van der Waals surface area contributed by atoms with Crippen LogP contribution in [0.1, 0.15) is 39.0 Å². The summed E-state index contributed by atoms with van der Waals surface area (Å²) in [5.41, 5.74) is -0.517. The Morgan fingerprint density at radius 1 is 1.36 bits per heavy atom. The number of carboxylic acids is 1. The van der Waals surface area contributed by atoms with Gasteiger partial charge in [0.1, 0.15) is 5.54 Å². The molecule has 0 spiro atoms. The topological polar surface area (TPSA) is 40.5 Å². The van der Waals surface area contributed by atoms with Gasteiger partial charge in [-0.15, -0.1) is 0 Å². The van der Waals surface area contributed by atoms with Crippen LogP contribution in [0, 0.1) is 5.92 Å². The molecule has 14 heavy (non-hydrogen) atoms. The predicted octanol–water partition coefficient (Wildman–Crippen LogP) is 1.73. The van der Waals surface area contributed by atoms with Crippen molar-refractivity contribution in [3.05, 3.63) is 0 Å². The first-order valence-electron chi connectivity index (χ1n) is 5.66. The second-order valence-corrected chi connectivity index (χ2v) is 4.72. The minimum Gasteiger partial charge on any atom is -0.480 e. The number of rotatable bonds is 2. The summed E-state index contributed by atoms with van der Waals surface area (Å²) in [6, 6.07) is 0. The molecule has 1 saturated heterocycles. The molecule has 0 aromatic rings. The van der Waals surface area contributed by atoms with E-state index >= 15 is 0 Å². The maximum absolute atomic E-state index is 11.5. The van der Waals surface area contributed by atoms with Gasteiger partial charge in [0.25, 0.3) is 0 Å². The molecule has 0 aromatic heterocycles. The van der Waals surface area contributed by atoms with Gasteiger partial charge in [0.05, 0.1) is 0 Å². The Balaban J connectivity index is 2.25. The Labute approximate surface area is 85.1 Å². The predicted molar refractivity (Wildman–Crippen MR) is 54.2 cm³/mol. The fourth-order valence-corrected chi connectivity index (χ4v) is 3.20. The van der Waals surface area contributed by atoms with Crippen LogP contribution in [0.5, 0.6) is 0 Å².